The molecule has 0 aliphatic heterocycles. The first-order valence-electron chi connectivity index (χ1n) is 22.0. The molecule has 0 unspecified atom stereocenters. The fourth-order valence-electron chi connectivity index (χ4n) is 9.70. The minimum absolute atomic E-state index is 1.08. The van der Waals surface area contributed by atoms with Crippen LogP contribution in [0.1, 0.15) is 0 Å². The van der Waals surface area contributed by atoms with Gasteiger partial charge >= 0.3 is 0 Å². The van der Waals surface area contributed by atoms with Gasteiger partial charge in [0.1, 0.15) is 0 Å². The highest BCUT2D eigenvalue weighted by Gasteiger charge is 2.21. The zero-order valence-corrected chi connectivity index (χ0v) is 35.1. The maximum absolute atomic E-state index is 2.43. The first-order chi connectivity index (χ1) is 31.7. The number of aromatic nitrogens is 1. The number of para-hydroxylation sites is 3. The number of benzene rings is 11. The SMILES string of the molecule is c1ccc(-c2cc(N(c3ccc(-c4ccc(-c5ccc6ccccc6c5)cc4)cc3)c3cccc4ccccc34)ccc2-c2ccccc2-n2c3ccccc3c3ccccc32)cc1. The van der Waals surface area contributed by atoms with Crippen LogP contribution in [-0.4, -0.2) is 4.57 Å². The fraction of sp³-hybridized carbons (Fsp3) is 0. The van der Waals surface area contributed by atoms with Gasteiger partial charge in [0, 0.05) is 33.1 Å². The Balaban J connectivity index is 0.990. The van der Waals surface area contributed by atoms with Gasteiger partial charge in [-0.25, -0.2) is 0 Å². The summed E-state index contributed by atoms with van der Waals surface area (Å²) in [6.07, 6.45) is 0. The van der Waals surface area contributed by atoms with E-state index >= 15 is 0 Å². The monoisotopic (exact) mass is 814 g/mol. The number of anilines is 3. The Morgan fingerprint density at radius 3 is 1.53 bits per heavy atom. The highest BCUT2D eigenvalue weighted by atomic mass is 15.1. The minimum Gasteiger partial charge on any atom is -0.310 e. The van der Waals surface area contributed by atoms with Gasteiger partial charge in [0.2, 0.25) is 0 Å². The van der Waals surface area contributed by atoms with Crippen molar-refractivity contribution in [2.45, 2.75) is 0 Å². The smallest absolute Gasteiger partial charge is 0.0541 e. The third-order valence-corrected chi connectivity index (χ3v) is 12.8. The summed E-state index contributed by atoms with van der Waals surface area (Å²) in [5.74, 6) is 0. The normalized spacial score (nSPS) is 11.4. The fourth-order valence-corrected chi connectivity index (χ4v) is 9.70. The molecule has 0 spiro atoms. The Hall–Kier alpha value is -8.46. The average Bonchev–Trinajstić information content (AvgIpc) is 3.71. The third kappa shape index (κ3) is 6.52. The van der Waals surface area contributed by atoms with Gasteiger partial charge in [-0.05, 0) is 110 Å². The van der Waals surface area contributed by atoms with Gasteiger partial charge in [-0.15, -0.1) is 0 Å². The lowest BCUT2D eigenvalue weighted by molar-refractivity contribution is 1.18. The molecule has 2 heteroatoms. The van der Waals surface area contributed by atoms with E-state index in [1.807, 2.05) is 0 Å². The van der Waals surface area contributed by atoms with Crippen LogP contribution in [0, 0.1) is 0 Å². The predicted molar refractivity (Wildman–Crippen MR) is 272 cm³/mol. The molecule has 0 amide bonds. The minimum atomic E-state index is 1.08. The first kappa shape index (κ1) is 37.3. The lowest BCUT2D eigenvalue weighted by Crippen LogP contribution is -2.11. The molecule has 300 valence electrons. The Morgan fingerprint density at radius 1 is 0.266 bits per heavy atom. The second kappa shape index (κ2) is 15.8. The Morgan fingerprint density at radius 2 is 0.797 bits per heavy atom. The largest absolute Gasteiger partial charge is 0.310 e. The van der Waals surface area contributed by atoms with Gasteiger partial charge in [-0.1, -0.05) is 200 Å². The van der Waals surface area contributed by atoms with E-state index in [-0.39, 0.29) is 0 Å². The molecular formula is C62H42N2. The summed E-state index contributed by atoms with van der Waals surface area (Å²) in [6.45, 7) is 0. The molecule has 0 radical (unpaired) electrons. The summed E-state index contributed by atoms with van der Waals surface area (Å²) in [5, 5.41) is 7.41. The summed E-state index contributed by atoms with van der Waals surface area (Å²) in [7, 11) is 0. The predicted octanol–water partition coefficient (Wildman–Crippen LogP) is 17.2. The van der Waals surface area contributed by atoms with Crippen molar-refractivity contribution < 1.29 is 0 Å². The number of fused-ring (bicyclic) bond motifs is 5. The molecule has 0 N–H and O–H groups in total. The van der Waals surface area contributed by atoms with Crippen molar-refractivity contribution in [3.63, 3.8) is 0 Å². The van der Waals surface area contributed by atoms with E-state index in [1.165, 1.54) is 82.3 Å². The maximum Gasteiger partial charge on any atom is 0.0541 e. The van der Waals surface area contributed by atoms with Crippen LogP contribution in [0.15, 0.2) is 255 Å². The van der Waals surface area contributed by atoms with Crippen LogP contribution in [0.4, 0.5) is 17.1 Å². The van der Waals surface area contributed by atoms with Crippen LogP contribution in [0.5, 0.6) is 0 Å². The molecule has 0 bridgehead atoms. The Bertz CT molecular complexity index is 3600. The van der Waals surface area contributed by atoms with Crippen molar-refractivity contribution >= 4 is 60.4 Å². The number of nitrogens with zero attached hydrogens (tertiary/aromatic N) is 2. The number of hydrogen-bond acceptors (Lipinski definition) is 1. The molecular weight excluding hydrogens is 773 g/mol. The van der Waals surface area contributed by atoms with Crippen LogP contribution in [0.25, 0.3) is 93.5 Å². The maximum atomic E-state index is 2.43. The topological polar surface area (TPSA) is 8.17 Å². The zero-order valence-electron chi connectivity index (χ0n) is 35.1. The first-order valence-corrected chi connectivity index (χ1v) is 22.0. The highest BCUT2D eigenvalue weighted by molar-refractivity contribution is 6.10. The van der Waals surface area contributed by atoms with E-state index in [9.17, 15) is 0 Å². The van der Waals surface area contributed by atoms with Gasteiger partial charge in [0.05, 0.1) is 22.4 Å². The molecule has 64 heavy (non-hydrogen) atoms. The Labute approximate surface area is 373 Å². The van der Waals surface area contributed by atoms with Crippen LogP contribution >= 0.6 is 0 Å². The summed E-state index contributed by atoms with van der Waals surface area (Å²) in [4.78, 5) is 2.42. The summed E-state index contributed by atoms with van der Waals surface area (Å²) >= 11 is 0. The van der Waals surface area contributed by atoms with Crippen molar-refractivity contribution in [1.82, 2.24) is 4.57 Å². The van der Waals surface area contributed by atoms with E-state index in [4.69, 9.17) is 0 Å². The molecule has 2 nitrogen and oxygen atoms in total. The van der Waals surface area contributed by atoms with Crippen molar-refractivity contribution in [3.8, 4) is 50.2 Å². The van der Waals surface area contributed by atoms with Gasteiger partial charge in [-0.3, -0.25) is 0 Å². The second-order valence-electron chi connectivity index (χ2n) is 16.5. The van der Waals surface area contributed by atoms with Crippen LogP contribution in [-0.2, 0) is 0 Å². The number of hydrogen-bond donors (Lipinski definition) is 0. The summed E-state index contributed by atoms with van der Waals surface area (Å²) in [6, 6.07) is 92.8. The van der Waals surface area contributed by atoms with E-state index in [1.54, 1.807) is 0 Å². The lowest BCUT2D eigenvalue weighted by atomic mass is 9.92. The van der Waals surface area contributed by atoms with Crippen molar-refractivity contribution in [2.75, 3.05) is 4.90 Å². The van der Waals surface area contributed by atoms with Crippen molar-refractivity contribution in [1.29, 1.82) is 0 Å². The van der Waals surface area contributed by atoms with Crippen LogP contribution in [0.2, 0.25) is 0 Å². The van der Waals surface area contributed by atoms with Gasteiger partial charge < -0.3 is 9.47 Å². The lowest BCUT2D eigenvalue weighted by Gasteiger charge is -2.28. The van der Waals surface area contributed by atoms with E-state index in [2.05, 4.69) is 264 Å². The molecule has 1 heterocycles. The third-order valence-electron chi connectivity index (χ3n) is 12.8. The van der Waals surface area contributed by atoms with Crippen molar-refractivity contribution in [2.24, 2.45) is 0 Å². The molecule has 0 aliphatic rings. The van der Waals surface area contributed by atoms with E-state index in [0.29, 0.717) is 0 Å². The van der Waals surface area contributed by atoms with Gasteiger partial charge in [0.25, 0.3) is 0 Å². The van der Waals surface area contributed by atoms with E-state index < -0.39 is 0 Å². The molecule has 12 rings (SSSR count). The molecule has 0 saturated carbocycles. The van der Waals surface area contributed by atoms with Crippen LogP contribution in [0.3, 0.4) is 0 Å². The molecule has 0 aliphatic carbocycles. The molecule has 0 atom stereocenters. The second-order valence-corrected chi connectivity index (χ2v) is 16.5. The highest BCUT2D eigenvalue weighted by Crippen LogP contribution is 2.45. The summed E-state index contributed by atoms with van der Waals surface area (Å²) < 4.78 is 2.43. The summed E-state index contributed by atoms with van der Waals surface area (Å²) in [5.41, 5.74) is 16.3. The number of rotatable bonds is 8. The molecule has 11 aromatic carbocycles. The molecule has 1 aromatic heterocycles. The quantitative estimate of drug-likeness (QED) is 0.148. The molecule has 12 aromatic rings. The standard InChI is InChI=1S/C62H42N2/c1-2-16-48(17-3-1)58-42-52(39-40-54(58)55-22-8-11-25-60(55)64-61-26-12-9-23-56(61)57-24-10-13-27-62(57)64)63(59-28-14-20-47-18-6-7-21-53(47)59)51-37-35-45(36-38-51)44-29-31-46(32-30-44)50-34-33-43-15-4-5-19-49(43)41-50/h1-42H. The Kier molecular flexibility index (Phi) is 9.20. The van der Waals surface area contributed by atoms with E-state index in [0.717, 1.165) is 28.3 Å². The van der Waals surface area contributed by atoms with Crippen LogP contribution < -0.4 is 4.90 Å². The van der Waals surface area contributed by atoms with Gasteiger partial charge in [-0.2, -0.15) is 0 Å². The zero-order chi connectivity index (χ0) is 42.4. The van der Waals surface area contributed by atoms with Gasteiger partial charge in [0.15, 0.2) is 0 Å². The average molecular weight is 815 g/mol. The van der Waals surface area contributed by atoms with Crippen molar-refractivity contribution in [3.05, 3.63) is 255 Å². The molecule has 0 fully saturated rings. The molecule has 0 saturated heterocycles.